The summed E-state index contributed by atoms with van der Waals surface area (Å²) in [6.45, 7) is 3.42. The van der Waals surface area contributed by atoms with Gasteiger partial charge in [-0.15, -0.1) is 0 Å². The van der Waals surface area contributed by atoms with E-state index in [-0.39, 0.29) is 11.9 Å². The van der Waals surface area contributed by atoms with E-state index in [1.54, 1.807) is 20.3 Å². The van der Waals surface area contributed by atoms with E-state index in [1.165, 1.54) is 0 Å². The van der Waals surface area contributed by atoms with Gasteiger partial charge >= 0.3 is 0 Å². The maximum absolute atomic E-state index is 8.75. The van der Waals surface area contributed by atoms with Crippen LogP contribution in [0.1, 0.15) is 18.1 Å². The fourth-order valence-corrected chi connectivity index (χ4v) is 1.91. The molecule has 0 saturated heterocycles. The van der Waals surface area contributed by atoms with Crippen molar-refractivity contribution in [2.75, 3.05) is 27.9 Å². The van der Waals surface area contributed by atoms with Gasteiger partial charge in [-0.3, -0.25) is 4.90 Å². The molecular formula is C14H23N3O3. The van der Waals surface area contributed by atoms with E-state index >= 15 is 0 Å². The van der Waals surface area contributed by atoms with Crippen molar-refractivity contribution in [2.24, 2.45) is 10.9 Å². The van der Waals surface area contributed by atoms with Crippen LogP contribution in [0.3, 0.4) is 0 Å². The molecule has 112 valence electrons. The monoisotopic (exact) mass is 281 g/mol. The van der Waals surface area contributed by atoms with Gasteiger partial charge in [0.25, 0.3) is 0 Å². The van der Waals surface area contributed by atoms with Gasteiger partial charge in [0.2, 0.25) is 0 Å². The number of rotatable bonds is 7. The van der Waals surface area contributed by atoms with Gasteiger partial charge in [-0.1, -0.05) is 5.16 Å². The van der Waals surface area contributed by atoms with E-state index in [0.29, 0.717) is 18.7 Å². The topological polar surface area (TPSA) is 80.3 Å². The van der Waals surface area contributed by atoms with E-state index in [9.17, 15) is 0 Å². The Kier molecular flexibility index (Phi) is 6.27. The number of methoxy groups -OCH3 is 2. The number of likely N-dealkylation sites (N-methyl/N-ethyl adjacent to an activating group) is 1. The first-order valence-corrected chi connectivity index (χ1v) is 6.37. The lowest BCUT2D eigenvalue weighted by Crippen LogP contribution is -2.32. The zero-order chi connectivity index (χ0) is 15.1. The van der Waals surface area contributed by atoms with Crippen molar-refractivity contribution in [1.82, 2.24) is 4.90 Å². The number of ether oxygens (including phenoxy) is 2. The molecule has 1 rings (SSSR count). The second-order valence-corrected chi connectivity index (χ2v) is 4.73. The third-order valence-corrected chi connectivity index (χ3v) is 3.26. The summed E-state index contributed by atoms with van der Waals surface area (Å²) >= 11 is 0. The Labute approximate surface area is 119 Å². The average Bonchev–Trinajstić information content (AvgIpc) is 2.46. The summed E-state index contributed by atoms with van der Waals surface area (Å²) in [6, 6.07) is 5.72. The van der Waals surface area contributed by atoms with Gasteiger partial charge in [0, 0.05) is 30.8 Å². The van der Waals surface area contributed by atoms with Crippen LogP contribution in [0.15, 0.2) is 23.4 Å². The number of nitrogens with two attached hydrogens (primary N) is 1. The molecule has 0 amide bonds. The zero-order valence-electron chi connectivity index (χ0n) is 12.5. The first-order chi connectivity index (χ1) is 9.53. The van der Waals surface area contributed by atoms with Crippen LogP contribution in [0, 0.1) is 0 Å². The summed E-state index contributed by atoms with van der Waals surface area (Å²) in [5, 5.41) is 11.8. The van der Waals surface area contributed by atoms with Crippen LogP contribution in [0.25, 0.3) is 0 Å². The minimum Gasteiger partial charge on any atom is -0.496 e. The largest absolute Gasteiger partial charge is 0.496 e. The van der Waals surface area contributed by atoms with E-state index < -0.39 is 0 Å². The Morgan fingerprint density at radius 2 is 2.15 bits per heavy atom. The van der Waals surface area contributed by atoms with Crippen molar-refractivity contribution in [1.29, 1.82) is 0 Å². The van der Waals surface area contributed by atoms with Crippen molar-refractivity contribution in [3.63, 3.8) is 0 Å². The SMILES string of the molecule is COCC(C)N(C)Cc1cc(/C(N)=N/O)ccc1OC. The fourth-order valence-electron chi connectivity index (χ4n) is 1.91. The first-order valence-electron chi connectivity index (χ1n) is 6.37. The second-order valence-electron chi connectivity index (χ2n) is 4.73. The molecule has 0 aliphatic heterocycles. The van der Waals surface area contributed by atoms with Crippen LogP contribution in [0.4, 0.5) is 0 Å². The third kappa shape index (κ3) is 4.11. The summed E-state index contributed by atoms with van der Waals surface area (Å²) in [6.07, 6.45) is 0. The molecule has 0 spiro atoms. The lowest BCUT2D eigenvalue weighted by atomic mass is 10.1. The number of amidine groups is 1. The van der Waals surface area contributed by atoms with Gasteiger partial charge in [-0.25, -0.2) is 0 Å². The first kappa shape index (κ1) is 16.3. The van der Waals surface area contributed by atoms with E-state index in [2.05, 4.69) is 17.0 Å². The van der Waals surface area contributed by atoms with Crippen LogP contribution >= 0.6 is 0 Å². The fraction of sp³-hybridized carbons (Fsp3) is 0.500. The predicted molar refractivity (Wildman–Crippen MR) is 78.3 cm³/mol. The molecule has 0 aromatic heterocycles. The molecule has 0 heterocycles. The predicted octanol–water partition coefficient (Wildman–Crippen LogP) is 1.26. The summed E-state index contributed by atoms with van der Waals surface area (Å²) in [7, 11) is 5.32. The zero-order valence-corrected chi connectivity index (χ0v) is 12.5. The Morgan fingerprint density at radius 3 is 2.70 bits per heavy atom. The average molecular weight is 281 g/mol. The van der Waals surface area contributed by atoms with Crippen molar-refractivity contribution in [2.45, 2.75) is 19.5 Å². The Hall–Kier alpha value is -1.79. The normalized spacial score (nSPS) is 13.6. The molecule has 1 aromatic rings. The smallest absolute Gasteiger partial charge is 0.170 e. The molecule has 0 radical (unpaired) electrons. The highest BCUT2D eigenvalue weighted by Crippen LogP contribution is 2.22. The lowest BCUT2D eigenvalue weighted by molar-refractivity contribution is 0.111. The van der Waals surface area contributed by atoms with Crippen LogP contribution in [-0.2, 0) is 11.3 Å². The molecule has 0 saturated carbocycles. The molecule has 20 heavy (non-hydrogen) atoms. The van der Waals surface area contributed by atoms with Gasteiger partial charge in [0.15, 0.2) is 5.84 Å². The Bertz CT molecular complexity index is 463. The highest BCUT2D eigenvalue weighted by Gasteiger charge is 2.13. The summed E-state index contributed by atoms with van der Waals surface area (Å²) in [4.78, 5) is 2.15. The summed E-state index contributed by atoms with van der Waals surface area (Å²) < 4.78 is 10.5. The quantitative estimate of drug-likeness (QED) is 0.340. The van der Waals surface area contributed by atoms with Crippen LogP contribution in [0.2, 0.25) is 0 Å². The third-order valence-electron chi connectivity index (χ3n) is 3.26. The number of oxime groups is 1. The van der Waals surface area contributed by atoms with Gasteiger partial charge in [0.1, 0.15) is 5.75 Å². The lowest BCUT2D eigenvalue weighted by Gasteiger charge is -2.25. The summed E-state index contributed by atoms with van der Waals surface area (Å²) in [5.74, 6) is 0.859. The van der Waals surface area contributed by atoms with Gasteiger partial charge < -0.3 is 20.4 Å². The maximum atomic E-state index is 8.75. The highest BCUT2D eigenvalue weighted by molar-refractivity contribution is 5.97. The molecule has 1 unspecified atom stereocenters. The number of hydrogen-bond acceptors (Lipinski definition) is 5. The molecule has 0 bridgehead atoms. The standard InChI is InChI=1S/C14H23N3O3/c1-10(9-19-3)17(2)8-12-7-11(14(15)16-18)5-6-13(12)20-4/h5-7,10,18H,8-9H2,1-4H3,(H2,15,16). The number of nitrogens with zero attached hydrogens (tertiary/aromatic N) is 2. The molecule has 6 heteroatoms. The van der Waals surface area contributed by atoms with E-state index in [1.807, 2.05) is 19.2 Å². The van der Waals surface area contributed by atoms with Crippen LogP contribution < -0.4 is 10.5 Å². The van der Waals surface area contributed by atoms with Gasteiger partial charge in [0.05, 0.1) is 13.7 Å². The summed E-state index contributed by atoms with van der Waals surface area (Å²) in [5.41, 5.74) is 7.26. The molecule has 3 N–H and O–H groups in total. The molecule has 1 aromatic carbocycles. The molecular weight excluding hydrogens is 258 g/mol. The molecule has 1 atom stereocenters. The molecule has 0 aliphatic carbocycles. The van der Waals surface area contributed by atoms with Crippen molar-refractivity contribution < 1.29 is 14.7 Å². The second kappa shape index (κ2) is 7.72. The van der Waals surface area contributed by atoms with Crippen molar-refractivity contribution in [3.8, 4) is 5.75 Å². The molecule has 0 fully saturated rings. The molecule has 6 nitrogen and oxygen atoms in total. The Morgan fingerprint density at radius 1 is 1.45 bits per heavy atom. The van der Waals surface area contributed by atoms with Crippen molar-refractivity contribution >= 4 is 5.84 Å². The van der Waals surface area contributed by atoms with Crippen LogP contribution in [0.5, 0.6) is 5.75 Å². The maximum Gasteiger partial charge on any atom is 0.170 e. The van der Waals surface area contributed by atoms with Gasteiger partial charge in [-0.2, -0.15) is 0 Å². The Balaban J connectivity index is 2.96. The highest BCUT2D eigenvalue weighted by atomic mass is 16.5. The minimum absolute atomic E-state index is 0.0847. The van der Waals surface area contributed by atoms with E-state index in [4.69, 9.17) is 20.4 Å². The van der Waals surface area contributed by atoms with Gasteiger partial charge in [-0.05, 0) is 32.2 Å². The molecule has 0 aliphatic rings. The van der Waals surface area contributed by atoms with Crippen LogP contribution in [-0.4, -0.2) is 49.9 Å². The minimum atomic E-state index is 0.0847. The van der Waals surface area contributed by atoms with E-state index in [0.717, 1.165) is 11.3 Å². The number of benzene rings is 1. The van der Waals surface area contributed by atoms with Crippen molar-refractivity contribution in [3.05, 3.63) is 29.3 Å². The number of hydrogen-bond donors (Lipinski definition) is 2.